The number of benzene rings is 3. The molecular weight excluding hydrogens is 492 g/mol. The summed E-state index contributed by atoms with van der Waals surface area (Å²) in [5.41, 5.74) is 0.820. The van der Waals surface area contributed by atoms with E-state index in [4.69, 9.17) is 28.7 Å². The van der Waals surface area contributed by atoms with Crippen LogP contribution in [-0.2, 0) is 28.7 Å². The summed E-state index contributed by atoms with van der Waals surface area (Å²) in [5.74, 6) is -2.07. The number of hydrogen-bond acceptors (Lipinski definition) is 9. The maximum absolute atomic E-state index is 13.1. The molecule has 1 fully saturated rings. The fraction of sp³-hybridized carbons (Fsp3) is 0.276. The Kier molecular flexibility index (Phi) is 9.58. The van der Waals surface area contributed by atoms with Gasteiger partial charge in [0.1, 0.15) is 0 Å². The van der Waals surface area contributed by atoms with Gasteiger partial charge < -0.3 is 18.9 Å². The average Bonchev–Trinajstić information content (AvgIpc) is 2.97. The average molecular weight is 521 g/mol. The van der Waals surface area contributed by atoms with Crippen LogP contribution in [0.4, 0.5) is 0 Å². The van der Waals surface area contributed by atoms with Crippen molar-refractivity contribution in [1.82, 2.24) is 0 Å². The molecule has 1 unspecified atom stereocenters. The number of carbonyl (C=O) groups excluding carboxylic acids is 3. The minimum Gasteiger partial charge on any atom is -0.452 e. The molecule has 0 saturated carbocycles. The smallest absolute Gasteiger partial charge is 0.338 e. The standard InChI is InChI=1S/C29H28O9/c1-2-18-34-38-29-25(37-28(32)22-16-10-5-11-17-22)24(36-27(31)21-14-8-4-9-15-21)23(19-33-29)35-26(30)20-12-6-3-7-13-20/h3-17,23-25,29H,2,18-19H2,1H3/t23-,24-,25+,29?/m0/s1. The lowest BCUT2D eigenvalue weighted by Gasteiger charge is -2.39. The van der Waals surface area contributed by atoms with E-state index in [-0.39, 0.29) is 24.3 Å². The van der Waals surface area contributed by atoms with E-state index >= 15 is 0 Å². The van der Waals surface area contributed by atoms with Gasteiger partial charge in [-0.15, -0.1) is 0 Å². The molecule has 0 radical (unpaired) electrons. The topological polar surface area (TPSA) is 107 Å². The summed E-state index contributed by atoms with van der Waals surface area (Å²) in [6.45, 7) is 1.94. The Balaban J connectivity index is 1.63. The molecule has 0 bridgehead atoms. The van der Waals surface area contributed by atoms with Crippen molar-refractivity contribution in [3.05, 3.63) is 108 Å². The van der Waals surface area contributed by atoms with Crippen molar-refractivity contribution in [3.63, 3.8) is 0 Å². The predicted octanol–water partition coefficient (Wildman–Crippen LogP) is 4.38. The summed E-state index contributed by atoms with van der Waals surface area (Å²) < 4.78 is 23.0. The highest BCUT2D eigenvalue weighted by atomic mass is 17.2. The van der Waals surface area contributed by atoms with Gasteiger partial charge in [-0.25, -0.2) is 24.2 Å². The normalized spacial score (nSPS) is 20.8. The van der Waals surface area contributed by atoms with Crippen LogP contribution in [0.2, 0.25) is 0 Å². The summed E-state index contributed by atoms with van der Waals surface area (Å²) in [4.78, 5) is 49.6. The first-order valence-corrected chi connectivity index (χ1v) is 12.2. The van der Waals surface area contributed by atoms with Crippen molar-refractivity contribution < 1.29 is 43.1 Å². The molecule has 0 N–H and O–H groups in total. The van der Waals surface area contributed by atoms with Crippen LogP contribution in [0.15, 0.2) is 91.0 Å². The molecule has 1 saturated heterocycles. The second-order valence-corrected chi connectivity index (χ2v) is 8.40. The maximum atomic E-state index is 13.1. The second kappa shape index (κ2) is 13.5. The van der Waals surface area contributed by atoms with Crippen molar-refractivity contribution in [2.45, 2.75) is 37.9 Å². The van der Waals surface area contributed by atoms with Crippen LogP contribution in [0.5, 0.6) is 0 Å². The van der Waals surface area contributed by atoms with E-state index < -0.39 is 42.5 Å². The minimum absolute atomic E-state index is 0.204. The lowest BCUT2D eigenvalue weighted by Crippen LogP contribution is -2.58. The quantitative estimate of drug-likeness (QED) is 0.127. The fourth-order valence-corrected chi connectivity index (χ4v) is 3.70. The van der Waals surface area contributed by atoms with Crippen LogP contribution in [-0.4, -0.2) is 55.7 Å². The van der Waals surface area contributed by atoms with Crippen LogP contribution in [0.25, 0.3) is 0 Å². The third kappa shape index (κ3) is 7.04. The van der Waals surface area contributed by atoms with Gasteiger partial charge in [-0.05, 0) is 42.8 Å². The van der Waals surface area contributed by atoms with E-state index in [1.165, 1.54) is 0 Å². The van der Waals surface area contributed by atoms with Gasteiger partial charge in [0.25, 0.3) is 0 Å². The molecule has 1 aliphatic heterocycles. The lowest BCUT2D eigenvalue weighted by molar-refractivity contribution is -0.412. The molecule has 4 atom stereocenters. The third-order valence-corrected chi connectivity index (χ3v) is 5.61. The van der Waals surface area contributed by atoms with Crippen molar-refractivity contribution >= 4 is 17.9 Å². The van der Waals surface area contributed by atoms with Crippen LogP contribution >= 0.6 is 0 Å². The van der Waals surface area contributed by atoms with Gasteiger partial charge in [0, 0.05) is 0 Å². The highest BCUT2D eigenvalue weighted by molar-refractivity contribution is 5.91. The van der Waals surface area contributed by atoms with E-state index in [2.05, 4.69) is 0 Å². The Morgan fingerprint density at radius 1 is 0.684 bits per heavy atom. The maximum Gasteiger partial charge on any atom is 0.338 e. The highest BCUT2D eigenvalue weighted by Crippen LogP contribution is 2.27. The molecule has 9 heteroatoms. The first-order valence-electron chi connectivity index (χ1n) is 12.2. The third-order valence-electron chi connectivity index (χ3n) is 5.61. The van der Waals surface area contributed by atoms with Gasteiger partial charge in [0.15, 0.2) is 18.3 Å². The first kappa shape index (κ1) is 27.0. The van der Waals surface area contributed by atoms with Crippen molar-refractivity contribution in [2.75, 3.05) is 13.2 Å². The summed E-state index contributed by atoms with van der Waals surface area (Å²) in [6, 6.07) is 24.9. The molecule has 3 aromatic rings. The molecule has 1 heterocycles. The molecule has 198 valence electrons. The van der Waals surface area contributed by atoms with Crippen molar-refractivity contribution in [2.24, 2.45) is 0 Å². The Bertz CT molecular complexity index is 1180. The van der Waals surface area contributed by atoms with Gasteiger partial charge in [0.2, 0.25) is 6.29 Å². The molecule has 0 spiro atoms. The molecule has 1 aliphatic rings. The SMILES string of the molecule is CCCOOC1OC[C@H](OC(=O)c2ccccc2)[C@H](OC(=O)c2ccccc2)[C@H]1OC(=O)c1ccccc1. The van der Waals surface area contributed by atoms with Gasteiger partial charge in [-0.2, -0.15) is 0 Å². The Morgan fingerprint density at radius 3 is 1.61 bits per heavy atom. The molecule has 9 nitrogen and oxygen atoms in total. The van der Waals surface area contributed by atoms with Crippen molar-refractivity contribution in [1.29, 1.82) is 0 Å². The van der Waals surface area contributed by atoms with Gasteiger partial charge >= 0.3 is 17.9 Å². The minimum atomic E-state index is -1.32. The summed E-state index contributed by atoms with van der Waals surface area (Å²) >= 11 is 0. The van der Waals surface area contributed by atoms with E-state index in [0.717, 1.165) is 0 Å². The zero-order valence-electron chi connectivity index (χ0n) is 20.8. The van der Waals surface area contributed by atoms with Gasteiger partial charge in [0.05, 0.1) is 29.9 Å². The molecule has 0 aliphatic carbocycles. The summed E-state index contributed by atoms with van der Waals surface area (Å²) in [7, 11) is 0. The highest BCUT2D eigenvalue weighted by Gasteiger charge is 2.49. The lowest BCUT2D eigenvalue weighted by atomic mass is 10.0. The van der Waals surface area contributed by atoms with Crippen LogP contribution in [0.3, 0.4) is 0 Å². The number of esters is 3. The molecule has 4 rings (SSSR count). The Labute approximate surface area is 220 Å². The molecule has 0 aromatic heterocycles. The van der Waals surface area contributed by atoms with Crippen LogP contribution in [0, 0.1) is 0 Å². The van der Waals surface area contributed by atoms with Gasteiger partial charge in [-0.1, -0.05) is 61.5 Å². The van der Waals surface area contributed by atoms with Gasteiger partial charge in [-0.3, -0.25) is 0 Å². The second-order valence-electron chi connectivity index (χ2n) is 8.40. The summed E-state index contributed by atoms with van der Waals surface area (Å²) in [5, 5.41) is 0. The Hall–Kier alpha value is -4.05. The molecular formula is C29H28O9. The van der Waals surface area contributed by atoms with E-state index in [9.17, 15) is 14.4 Å². The first-order chi connectivity index (χ1) is 18.6. The van der Waals surface area contributed by atoms with E-state index in [1.54, 1.807) is 91.0 Å². The number of carbonyl (C=O) groups is 3. The molecule has 38 heavy (non-hydrogen) atoms. The van der Waals surface area contributed by atoms with Crippen LogP contribution < -0.4 is 0 Å². The largest absolute Gasteiger partial charge is 0.452 e. The number of rotatable bonds is 10. The Morgan fingerprint density at radius 2 is 1.13 bits per heavy atom. The van der Waals surface area contributed by atoms with Crippen molar-refractivity contribution in [3.8, 4) is 0 Å². The monoisotopic (exact) mass is 520 g/mol. The molecule has 3 aromatic carbocycles. The van der Waals surface area contributed by atoms with E-state index in [1.807, 2.05) is 6.92 Å². The fourth-order valence-electron chi connectivity index (χ4n) is 3.70. The zero-order chi connectivity index (χ0) is 26.7. The zero-order valence-corrected chi connectivity index (χ0v) is 20.8. The van der Waals surface area contributed by atoms with E-state index in [0.29, 0.717) is 12.0 Å². The molecule has 0 amide bonds. The summed E-state index contributed by atoms with van der Waals surface area (Å²) in [6.07, 6.45) is -4.31. The number of hydrogen-bond donors (Lipinski definition) is 0. The van der Waals surface area contributed by atoms with Crippen LogP contribution in [0.1, 0.15) is 44.4 Å². The predicted molar refractivity (Wildman–Crippen MR) is 134 cm³/mol. The number of ether oxygens (including phenoxy) is 4.